The summed E-state index contributed by atoms with van der Waals surface area (Å²) >= 11 is 1.53. The normalized spacial score (nSPS) is 12.1. The fourth-order valence-corrected chi connectivity index (χ4v) is 2.30. The Morgan fingerprint density at radius 1 is 1.00 bits per heavy atom. The number of para-hydroxylation sites is 1. The molecule has 0 saturated heterocycles. The van der Waals surface area contributed by atoms with E-state index in [1.54, 1.807) is 12.1 Å². The molecule has 0 aliphatic rings. The molecule has 1 unspecified atom stereocenters. The minimum absolute atomic E-state index is 0.248. The first kappa shape index (κ1) is 13.8. The minimum Gasteiger partial charge on any atom is -0.508 e. The first-order valence-corrected chi connectivity index (χ1v) is 7.00. The zero-order valence-corrected chi connectivity index (χ0v) is 11.2. The number of aliphatic hydroxyl groups is 1. The maximum Gasteiger partial charge on any atom is 0.119 e. The van der Waals surface area contributed by atoms with Gasteiger partial charge in [0.05, 0.1) is 6.10 Å². The van der Waals surface area contributed by atoms with E-state index in [-0.39, 0.29) is 12.4 Å². The summed E-state index contributed by atoms with van der Waals surface area (Å²) in [7, 11) is 0. The van der Waals surface area contributed by atoms with Crippen LogP contribution in [0.2, 0.25) is 0 Å². The van der Waals surface area contributed by atoms with Crippen molar-refractivity contribution in [1.29, 1.82) is 0 Å². The summed E-state index contributed by atoms with van der Waals surface area (Å²) in [5.74, 6) is 1.56. The van der Waals surface area contributed by atoms with E-state index in [1.807, 2.05) is 42.5 Å². The molecule has 100 valence electrons. The van der Waals surface area contributed by atoms with Gasteiger partial charge in [0.15, 0.2) is 0 Å². The van der Waals surface area contributed by atoms with Gasteiger partial charge in [-0.05, 0) is 36.4 Å². The molecule has 0 radical (unpaired) electrons. The number of aromatic hydroxyl groups is 1. The van der Waals surface area contributed by atoms with E-state index in [9.17, 15) is 5.11 Å². The molecule has 0 spiro atoms. The van der Waals surface area contributed by atoms with Crippen molar-refractivity contribution in [2.75, 3.05) is 12.4 Å². The molecule has 2 rings (SSSR count). The van der Waals surface area contributed by atoms with Gasteiger partial charge in [-0.25, -0.2) is 0 Å². The number of hydrogen-bond donors (Lipinski definition) is 2. The fraction of sp³-hybridized carbons (Fsp3) is 0.200. The Morgan fingerprint density at radius 3 is 2.37 bits per heavy atom. The molecule has 4 heteroatoms. The SMILES string of the molecule is Oc1ccc(SCC(O)COc2ccccc2)cc1. The summed E-state index contributed by atoms with van der Waals surface area (Å²) < 4.78 is 5.47. The molecule has 3 nitrogen and oxygen atoms in total. The van der Waals surface area contributed by atoms with E-state index >= 15 is 0 Å². The van der Waals surface area contributed by atoms with Gasteiger partial charge >= 0.3 is 0 Å². The van der Waals surface area contributed by atoms with E-state index in [2.05, 4.69) is 0 Å². The van der Waals surface area contributed by atoms with Crippen LogP contribution in [0.15, 0.2) is 59.5 Å². The first-order chi connectivity index (χ1) is 9.24. The smallest absolute Gasteiger partial charge is 0.119 e. The van der Waals surface area contributed by atoms with Crippen LogP contribution in [0, 0.1) is 0 Å². The number of benzene rings is 2. The van der Waals surface area contributed by atoms with Crippen molar-refractivity contribution in [3.63, 3.8) is 0 Å². The lowest BCUT2D eigenvalue weighted by atomic mass is 10.3. The van der Waals surface area contributed by atoms with Crippen molar-refractivity contribution in [3.05, 3.63) is 54.6 Å². The van der Waals surface area contributed by atoms with Crippen molar-refractivity contribution in [2.24, 2.45) is 0 Å². The lowest BCUT2D eigenvalue weighted by Crippen LogP contribution is -2.19. The van der Waals surface area contributed by atoms with Crippen LogP contribution in [0.25, 0.3) is 0 Å². The predicted molar refractivity (Wildman–Crippen MR) is 76.8 cm³/mol. The zero-order valence-electron chi connectivity index (χ0n) is 10.4. The third kappa shape index (κ3) is 4.85. The largest absolute Gasteiger partial charge is 0.508 e. The van der Waals surface area contributed by atoms with Gasteiger partial charge in [0.2, 0.25) is 0 Å². The number of rotatable bonds is 6. The van der Waals surface area contributed by atoms with Crippen LogP contribution in [-0.4, -0.2) is 28.7 Å². The highest BCUT2D eigenvalue weighted by molar-refractivity contribution is 7.99. The minimum atomic E-state index is -0.529. The number of thioether (sulfide) groups is 1. The van der Waals surface area contributed by atoms with Gasteiger partial charge in [-0.15, -0.1) is 11.8 Å². The Bertz CT molecular complexity index is 485. The molecule has 0 aliphatic heterocycles. The molecule has 0 saturated carbocycles. The van der Waals surface area contributed by atoms with Gasteiger partial charge in [0.25, 0.3) is 0 Å². The molecule has 0 fully saturated rings. The molecular formula is C15H16O3S. The number of hydrogen-bond acceptors (Lipinski definition) is 4. The van der Waals surface area contributed by atoms with Crippen molar-refractivity contribution in [3.8, 4) is 11.5 Å². The molecular weight excluding hydrogens is 260 g/mol. The van der Waals surface area contributed by atoms with Crippen LogP contribution in [-0.2, 0) is 0 Å². The first-order valence-electron chi connectivity index (χ1n) is 6.02. The molecule has 2 aromatic rings. The molecule has 1 atom stereocenters. The average Bonchev–Trinajstić information content (AvgIpc) is 2.45. The third-order valence-electron chi connectivity index (χ3n) is 2.46. The summed E-state index contributed by atoms with van der Waals surface area (Å²) in [6, 6.07) is 16.4. The average molecular weight is 276 g/mol. The maximum absolute atomic E-state index is 9.83. The van der Waals surface area contributed by atoms with E-state index in [4.69, 9.17) is 9.84 Å². The van der Waals surface area contributed by atoms with Crippen molar-refractivity contribution in [1.82, 2.24) is 0 Å². The fourth-order valence-electron chi connectivity index (χ4n) is 1.49. The van der Waals surface area contributed by atoms with Gasteiger partial charge in [-0.2, -0.15) is 0 Å². The van der Waals surface area contributed by atoms with Crippen LogP contribution in [0.1, 0.15) is 0 Å². The summed E-state index contributed by atoms with van der Waals surface area (Å²) in [5, 5.41) is 19.0. The van der Waals surface area contributed by atoms with Crippen LogP contribution < -0.4 is 4.74 Å². The van der Waals surface area contributed by atoms with Gasteiger partial charge in [-0.1, -0.05) is 18.2 Å². The highest BCUT2D eigenvalue weighted by Gasteiger charge is 2.06. The Kier molecular flexibility index (Phi) is 5.12. The molecule has 2 aromatic carbocycles. The highest BCUT2D eigenvalue weighted by Crippen LogP contribution is 2.21. The monoisotopic (exact) mass is 276 g/mol. The van der Waals surface area contributed by atoms with Crippen LogP contribution in [0.5, 0.6) is 11.5 Å². The van der Waals surface area contributed by atoms with Gasteiger partial charge in [0.1, 0.15) is 18.1 Å². The molecule has 2 N–H and O–H groups in total. The lowest BCUT2D eigenvalue weighted by Gasteiger charge is -2.12. The summed E-state index contributed by atoms with van der Waals surface area (Å²) in [6.07, 6.45) is -0.529. The Labute approximate surface area is 116 Å². The second-order valence-electron chi connectivity index (χ2n) is 4.08. The molecule has 19 heavy (non-hydrogen) atoms. The third-order valence-corrected chi connectivity index (χ3v) is 3.62. The van der Waals surface area contributed by atoms with Crippen LogP contribution in [0.4, 0.5) is 0 Å². The topological polar surface area (TPSA) is 49.7 Å². The standard InChI is InChI=1S/C15H16O3S/c16-12-6-8-15(9-7-12)19-11-13(17)10-18-14-4-2-1-3-5-14/h1-9,13,16-17H,10-11H2. The molecule has 0 heterocycles. The van der Waals surface area contributed by atoms with Crippen molar-refractivity contribution in [2.45, 2.75) is 11.0 Å². The van der Waals surface area contributed by atoms with E-state index in [0.29, 0.717) is 5.75 Å². The second-order valence-corrected chi connectivity index (χ2v) is 5.18. The van der Waals surface area contributed by atoms with Crippen LogP contribution in [0.3, 0.4) is 0 Å². The number of ether oxygens (including phenoxy) is 1. The predicted octanol–water partition coefficient (Wildman–Crippen LogP) is 2.92. The van der Waals surface area contributed by atoms with Gasteiger partial charge in [-0.3, -0.25) is 0 Å². The molecule has 0 amide bonds. The Morgan fingerprint density at radius 2 is 1.68 bits per heavy atom. The van der Waals surface area contributed by atoms with Crippen molar-refractivity contribution < 1.29 is 14.9 Å². The second kappa shape index (κ2) is 7.07. The lowest BCUT2D eigenvalue weighted by molar-refractivity contribution is 0.126. The number of phenols is 1. The van der Waals surface area contributed by atoms with E-state index in [0.717, 1.165) is 10.6 Å². The summed E-state index contributed by atoms with van der Waals surface area (Å²) in [6.45, 7) is 0.273. The maximum atomic E-state index is 9.83. The Hall–Kier alpha value is -1.65. The molecule has 0 bridgehead atoms. The van der Waals surface area contributed by atoms with E-state index in [1.165, 1.54) is 11.8 Å². The van der Waals surface area contributed by atoms with E-state index < -0.39 is 6.10 Å². The zero-order chi connectivity index (χ0) is 13.5. The summed E-state index contributed by atoms with van der Waals surface area (Å²) in [4.78, 5) is 1.01. The molecule has 0 aliphatic carbocycles. The van der Waals surface area contributed by atoms with Gasteiger partial charge in [0, 0.05) is 10.6 Å². The highest BCUT2D eigenvalue weighted by atomic mass is 32.2. The number of phenolic OH excluding ortho intramolecular Hbond substituents is 1. The Balaban J connectivity index is 1.72. The van der Waals surface area contributed by atoms with Crippen molar-refractivity contribution >= 4 is 11.8 Å². The number of aliphatic hydroxyl groups excluding tert-OH is 1. The quantitative estimate of drug-likeness (QED) is 0.796. The molecule has 0 aromatic heterocycles. The summed E-state index contributed by atoms with van der Waals surface area (Å²) in [5.41, 5.74) is 0. The van der Waals surface area contributed by atoms with Gasteiger partial charge < -0.3 is 14.9 Å². The van der Waals surface area contributed by atoms with Crippen LogP contribution >= 0.6 is 11.8 Å².